The van der Waals surface area contributed by atoms with Crippen LogP contribution in [0.4, 0.5) is 10.7 Å². The van der Waals surface area contributed by atoms with E-state index in [0.29, 0.717) is 10.6 Å². The largest absolute Gasteiger partial charge is 0.365 e. The highest BCUT2D eigenvalue weighted by molar-refractivity contribution is 7.92. The number of hydrogen-bond donors (Lipinski definition) is 3. The van der Waals surface area contributed by atoms with Crippen molar-refractivity contribution in [1.82, 2.24) is 0 Å². The number of carbonyl (C=O) groups excluding carboxylic acids is 2. The van der Waals surface area contributed by atoms with Gasteiger partial charge < -0.3 is 11.1 Å². The first-order chi connectivity index (χ1) is 14.3. The summed E-state index contributed by atoms with van der Waals surface area (Å²) in [5.74, 6) is -1.01. The molecule has 0 radical (unpaired) electrons. The van der Waals surface area contributed by atoms with E-state index >= 15 is 0 Å². The average molecular weight is 442 g/mol. The van der Waals surface area contributed by atoms with Gasteiger partial charge in [0, 0.05) is 16.1 Å². The Labute approximate surface area is 178 Å². The third-order valence-electron chi connectivity index (χ3n) is 4.83. The lowest BCUT2D eigenvalue weighted by atomic mass is 10.1. The van der Waals surface area contributed by atoms with Gasteiger partial charge in [-0.1, -0.05) is 24.3 Å². The number of benzene rings is 2. The molecule has 2 aromatic carbocycles. The van der Waals surface area contributed by atoms with Crippen LogP contribution < -0.4 is 15.8 Å². The summed E-state index contributed by atoms with van der Waals surface area (Å²) in [5, 5.41) is 3.20. The van der Waals surface area contributed by atoms with Gasteiger partial charge in [0.05, 0.1) is 10.5 Å². The summed E-state index contributed by atoms with van der Waals surface area (Å²) in [6, 6.07) is 14.1. The van der Waals surface area contributed by atoms with Gasteiger partial charge >= 0.3 is 0 Å². The number of nitrogens with one attached hydrogen (secondary N) is 2. The quantitative estimate of drug-likeness (QED) is 0.543. The van der Waals surface area contributed by atoms with Gasteiger partial charge in [0.25, 0.3) is 21.8 Å². The number of primary amides is 1. The third kappa shape index (κ3) is 3.94. The summed E-state index contributed by atoms with van der Waals surface area (Å²) in [5.41, 5.74) is 7.35. The fourth-order valence-corrected chi connectivity index (χ4v) is 5.83. The van der Waals surface area contributed by atoms with E-state index < -0.39 is 21.8 Å². The Kier molecular flexibility index (Phi) is 5.31. The minimum absolute atomic E-state index is 0.124. The lowest BCUT2D eigenvalue weighted by molar-refractivity contribution is 0.100. The highest BCUT2D eigenvalue weighted by Crippen LogP contribution is 2.39. The molecule has 0 fully saturated rings. The van der Waals surface area contributed by atoms with Crippen molar-refractivity contribution in [2.45, 2.75) is 24.2 Å². The Balaban J connectivity index is 1.56. The predicted octanol–water partition coefficient (Wildman–Crippen LogP) is 3.39. The molecule has 9 heteroatoms. The van der Waals surface area contributed by atoms with Crippen LogP contribution in [0, 0.1) is 0 Å². The summed E-state index contributed by atoms with van der Waals surface area (Å²) >= 11 is 1.37. The number of carbonyl (C=O) groups is 2. The van der Waals surface area contributed by atoms with Crippen molar-refractivity contribution in [3.63, 3.8) is 0 Å². The summed E-state index contributed by atoms with van der Waals surface area (Å²) < 4.78 is 27.5. The van der Waals surface area contributed by atoms with Gasteiger partial charge in [-0.3, -0.25) is 14.3 Å². The number of aryl methyl sites for hydroxylation is 1. The summed E-state index contributed by atoms with van der Waals surface area (Å²) in [6.45, 7) is 0. The second-order valence-corrected chi connectivity index (χ2v) is 9.67. The van der Waals surface area contributed by atoms with Gasteiger partial charge in [0.15, 0.2) is 0 Å². The maximum absolute atomic E-state index is 12.8. The zero-order valence-electron chi connectivity index (χ0n) is 15.8. The van der Waals surface area contributed by atoms with Gasteiger partial charge in [0.2, 0.25) is 0 Å². The third-order valence-corrected chi connectivity index (χ3v) is 7.43. The SMILES string of the molecule is NC(=O)c1c(NC(=O)c2cccc(NS(=O)(=O)c3ccccc3)c2)sc2c1CCC2. The Morgan fingerprint density at radius 2 is 1.77 bits per heavy atom. The van der Waals surface area contributed by atoms with Crippen LogP contribution in [0.3, 0.4) is 0 Å². The number of anilines is 2. The lowest BCUT2D eigenvalue weighted by Gasteiger charge is -2.10. The molecule has 1 aliphatic rings. The van der Waals surface area contributed by atoms with E-state index in [4.69, 9.17) is 5.73 Å². The Hall–Kier alpha value is -3.17. The lowest BCUT2D eigenvalue weighted by Crippen LogP contribution is -2.18. The second kappa shape index (κ2) is 7.92. The second-order valence-electron chi connectivity index (χ2n) is 6.88. The Morgan fingerprint density at radius 1 is 1.00 bits per heavy atom. The van der Waals surface area contributed by atoms with Gasteiger partial charge in [-0.25, -0.2) is 8.42 Å². The first kappa shape index (κ1) is 20.1. The average Bonchev–Trinajstić information content (AvgIpc) is 3.29. The van der Waals surface area contributed by atoms with E-state index in [9.17, 15) is 18.0 Å². The first-order valence-electron chi connectivity index (χ1n) is 9.29. The van der Waals surface area contributed by atoms with Crippen LogP contribution in [-0.4, -0.2) is 20.2 Å². The first-order valence-corrected chi connectivity index (χ1v) is 11.6. The molecular weight excluding hydrogens is 422 g/mol. The van der Waals surface area contributed by atoms with E-state index in [1.54, 1.807) is 36.4 Å². The monoisotopic (exact) mass is 441 g/mol. The number of amides is 2. The zero-order valence-corrected chi connectivity index (χ0v) is 17.5. The smallest absolute Gasteiger partial charge is 0.261 e. The Morgan fingerprint density at radius 3 is 2.50 bits per heavy atom. The van der Waals surface area contributed by atoms with Crippen LogP contribution in [-0.2, 0) is 22.9 Å². The van der Waals surface area contributed by atoms with Crippen LogP contribution in [0.15, 0.2) is 59.5 Å². The topological polar surface area (TPSA) is 118 Å². The molecule has 0 bridgehead atoms. The molecule has 7 nitrogen and oxygen atoms in total. The zero-order chi connectivity index (χ0) is 21.3. The maximum Gasteiger partial charge on any atom is 0.261 e. The molecule has 30 heavy (non-hydrogen) atoms. The molecule has 0 aliphatic heterocycles. The van der Waals surface area contributed by atoms with Gasteiger partial charge in [-0.05, 0) is 55.2 Å². The van der Waals surface area contributed by atoms with Crippen LogP contribution in [0.25, 0.3) is 0 Å². The maximum atomic E-state index is 12.8. The normalized spacial score (nSPS) is 12.9. The van der Waals surface area contributed by atoms with E-state index in [1.165, 1.54) is 29.5 Å². The number of thiophene rings is 1. The summed E-state index contributed by atoms with van der Waals surface area (Å²) in [6.07, 6.45) is 2.61. The van der Waals surface area contributed by atoms with E-state index in [-0.39, 0.29) is 16.1 Å². The van der Waals surface area contributed by atoms with E-state index in [2.05, 4.69) is 10.0 Å². The molecule has 0 spiro atoms. The van der Waals surface area contributed by atoms with Crippen molar-refractivity contribution in [3.05, 3.63) is 76.2 Å². The summed E-state index contributed by atoms with van der Waals surface area (Å²) in [4.78, 5) is 25.9. The minimum Gasteiger partial charge on any atom is -0.365 e. The van der Waals surface area contributed by atoms with Crippen molar-refractivity contribution >= 4 is 43.9 Å². The van der Waals surface area contributed by atoms with Crippen molar-refractivity contribution in [3.8, 4) is 0 Å². The number of rotatable bonds is 6. The van der Waals surface area contributed by atoms with Gasteiger partial charge in [-0.15, -0.1) is 11.3 Å². The fourth-order valence-electron chi connectivity index (χ4n) is 3.47. The van der Waals surface area contributed by atoms with Crippen molar-refractivity contribution < 1.29 is 18.0 Å². The summed E-state index contributed by atoms with van der Waals surface area (Å²) in [7, 11) is -3.77. The van der Waals surface area contributed by atoms with Gasteiger partial charge in [0.1, 0.15) is 5.00 Å². The number of sulfonamides is 1. The molecule has 4 rings (SSSR count). The standard InChI is InChI=1S/C21H19N3O4S2/c22-19(25)18-16-10-5-11-17(16)29-21(18)23-20(26)13-6-4-7-14(12-13)24-30(27,28)15-8-2-1-3-9-15/h1-4,6-9,12,24H,5,10-11H2,(H2,22,25)(H,23,26). The molecule has 0 unspecified atom stereocenters. The highest BCUT2D eigenvalue weighted by Gasteiger charge is 2.26. The molecule has 0 saturated heterocycles. The molecule has 1 heterocycles. The van der Waals surface area contributed by atoms with Crippen molar-refractivity contribution in [1.29, 1.82) is 0 Å². The minimum atomic E-state index is -3.77. The fraction of sp³-hybridized carbons (Fsp3) is 0.143. The number of nitrogens with two attached hydrogens (primary N) is 1. The molecule has 2 amide bonds. The van der Waals surface area contributed by atoms with Crippen molar-refractivity contribution in [2.75, 3.05) is 10.0 Å². The molecule has 4 N–H and O–H groups in total. The molecule has 1 aromatic heterocycles. The molecule has 3 aromatic rings. The molecule has 0 saturated carbocycles. The van der Waals surface area contributed by atoms with E-state index in [0.717, 1.165) is 29.7 Å². The van der Waals surface area contributed by atoms with Gasteiger partial charge in [-0.2, -0.15) is 0 Å². The van der Waals surface area contributed by atoms with Crippen LogP contribution in [0.1, 0.15) is 37.6 Å². The van der Waals surface area contributed by atoms with Crippen LogP contribution in [0.2, 0.25) is 0 Å². The molecule has 154 valence electrons. The number of hydrogen-bond acceptors (Lipinski definition) is 5. The predicted molar refractivity (Wildman–Crippen MR) is 117 cm³/mol. The molecular formula is C21H19N3O4S2. The van der Waals surface area contributed by atoms with E-state index in [1.807, 2.05) is 0 Å². The molecule has 0 atom stereocenters. The molecule has 1 aliphatic carbocycles. The number of fused-ring (bicyclic) bond motifs is 1. The Bertz CT molecular complexity index is 1230. The highest BCUT2D eigenvalue weighted by atomic mass is 32.2. The van der Waals surface area contributed by atoms with Crippen molar-refractivity contribution in [2.24, 2.45) is 5.73 Å². The van der Waals surface area contributed by atoms with Crippen LogP contribution in [0.5, 0.6) is 0 Å². The van der Waals surface area contributed by atoms with Crippen LogP contribution >= 0.6 is 11.3 Å².